The van der Waals surface area contributed by atoms with E-state index in [9.17, 15) is 4.79 Å². The highest BCUT2D eigenvalue weighted by Gasteiger charge is 2.47. The zero-order chi connectivity index (χ0) is 11.8. The van der Waals surface area contributed by atoms with Gasteiger partial charge in [-0.2, -0.15) is 5.26 Å². The van der Waals surface area contributed by atoms with Crippen molar-refractivity contribution in [3.63, 3.8) is 0 Å². The average molecular weight is 214 g/mol. The molecule has 1 fully saturated rings. The maximum Gasteiger partial charge on any atom is 0.228 e. The van der Waals surface area contributed by atoms with Crippen LogP contribution in [0.1, 0.15) is 20.3 Å². The van der Waals surface area contributed by atoms with Crippen molar-refractivity contribution in [2.75, 3.05) is 4.90 Å². The van der Waals surface area contributed by atoms with E-state index in [0.717, 1.165) is 5.69 Å². The van der Waals surface area contributed by atoms with E-state index in [2.05, 4.69) is 6.07 Å². The van der Waals surface area contributed by atoms with Gasteiger partial charge in [0.15, 0.2) is 0 Å². The molecule has 1 heterocycles. The highest BCUT2D eigenvalue weighted by molar-refractivity contribution is 5.98. The van der Waals surface area contributed by atoms with Gasteiger partial charge in [0, 0.05) is 12.1 Å². The van der Waals surface area contributed by atoms with Crippen molar-refractivity contribution >= 4 is 11.6 Å². The lowest BCUT2D eigenvalue weighted by Gasteiger charge is -2.33. The van der Waals surface area contributed by atoms with E-state index in [1.54, 1.807) is 4.90 Å². The Morgan fingerprint density at radius 1 is 1.38 bits per heavy atom. The van der Waals surface area contributed by atoms with Crippen LogP contribution in [0.4, 0.5) is 5.69 Å². The van der Waals surface area contributed by atoms with Gasteiger partial charge in [0.2, 0.25) is 5.91 Å². The topological polar surface area (TPSA) is 44.1 Å². The second-order valence-corrected chi connectivity index (χ2v) is 4.60. The maximum absolute atomic E-state index is 11.9. The van der Waals surface area contributed by atoms with Gasteiger partial charge >= 0.3 is 0 Å². The summed E-state index contributed by atoms with van der Waals surface area (Å²) in [4.78, 5) is 13.7. The highest BCUT2D eigenvalue weighted by atomic mass is 16.2. The van der Waals surface area contributed by atoms with Crippen LogP contribution >= 0.6 is 0 Å². The molecule has 0 aromatic heterocycles. The van der Waals surface area contributed by atoms with E-state index in [1.807, 2.05) is 44.2 Å². The van der Waals surface area contributed by atoms with Crippen LogP contribution in [0.3, 0.4) is 0 Å². The monoisotopic (exact) mass is 214 g/mol. The molecule has 0 N–H and O–H groups in total. The van der Waals surface area contributed by atoms with Gasteiger partial charge in [-0.15, -0.1) is 0 Å². The first-order valence-electron chi connectivity index (χ1n) is 5.35. The average Bonchev–Trinajstić information content (AvgIpc) is 2.49. The zero-order valence-electron chi connectivity index (χ0n) is 9.47. The molecule has 0 spiro atoms. The molecule has 1 aromatic rings. The first-order chi connectivity index (χ1) is 7.57. The van der Waals surface area contributed by atoms with E-state index in [1.165, 1.54) is 0 Å². The van der Waals surface area contributed by atoms with Crippen LogP contribution in [0.15, 0.2) is 30.3 Å². The molecule has 16 heavy (non-hydrogen) atoms. The summed E-state index contributed by atoms with van der Waals surface area (Å²) in [5.41, 5.74) is 0.447. The highest BCUT2D eigenvalue weighted by Crippen LogP contribution is 2.38. The number of amides is 1. The largest absolute Gasteiger partial charge is 0.306 e. The van der Waals surface area contributed by atoms with E-state index < -0.39 is 5.54 Å². The summed E-state index contributed by atoms with van der Waals surface area (Å²) < 4.78 is 0. The number of carbonyl (C=O) groups excluding carboxylic acids is 1. The van der Waals surface area contributed by atoms with E-state index >= 15 is 0 Å². The summed E-state index contributed by atoms with van der Waals surface area (Å²) in [5, 5.41) is 9.06. The van der Waals surface area contributed by atoms with E-state index in [0.29, 0.717) is 6.42 Å². The molecule has 2 rings (SSSR count). The molecule has 1 saturated heterocycles. The number of benzene rings is 1. The standard InChI is InChI=1S/C13H14N2O/c1-13(2)10(9-14)8-12(16)15(13)11-6-4-3-5-7-11/h3-7,10H,8H2,1-2H3. The number of para-hydroxylation sites is 1. The summed E-state index contributed by atoms with van der Waals surface area (Å²) in [6.07, 6.45) is 0.318. The number of carbonyl (C=O) groups is 1. The fourth-order valence-electron chi connectivity index (χ4n) is 2.25. The molecular formula is C13H14N2O. The van der Waals surface area contributed by atoms with Gasteiger partial charge in [0.05, 0.1) is 17.5 Å². The van der Waals surface area contributed by atoms with Crippen molar-refractivity contribution in [1.82, 2.24) is 0 Å². The number of nitrogens with zero attached hydrogens (tertiary/aromatic N) is 2. The van der Waals surface area contributed by atoms with Crippen molar-refractivity contribution in [3.8, 4) is 6.07 Å². The minimum atomic E-state index is -0.423. The Balaban J connectivity index is 2.43. The van der Waals surface area contributed by atoms with Gasteiger partial charge in [-0.25, -0.2) is 0 Å². The SMILES string of the molecule is CC1(C)C(C#N)CC(=O)N1c1ccccc1. The molecule has 3 nitrogen and oxygen atoms in total. The van der Waals surface area contributed by atoms with Crippen LogP contribution in [0.25, 0.3) is 0 Å². The van der Waals surface area contributed by atoms with Crippen LogP contribution in [-0.4, -0.2) is 11.4 Å². The van der Waals surface area contributed by atoms with E-state index in [-0.39, 0.29) is 11.8 Å². The molecule has 1 aliphatic heterocycles. The molecule has 0 saturated carbocycles. The van der Waals surface area contributed by atoms with Gasteiger partial charge < -0.3 is 4.90 Å². The fraction of sp³-hybridized carbons (Fsp3) is 0.385. The van der Waals surface area contributed by atoms with Crippen LogP contribution in [-0.2, 0) is 4.79 Å². The van der Waals surface area contributed by atoms with E-state index in [4.69, 9.17) is 5.26 Å². The van der Waals surface area contributed by atoms with Gasteiger partial charge in [-0.3, -0.25) is 4.79 Å². The fourth-order valence-corrected chi connectivity index (χ4v) is 2.25. The summed E-state index contributed by atoms with van der Waals surface area (Å²) in [6, 6.07) is 11.7. The smallest absolute Gasteiger partial charge is 0.228 e. The Kier molecular flexibility index (Phi) is 2.43. The Labute approximate surface area is 95.3 Å². The van der Waals surface area contributed by atoms with Crippen molar-refractivity contribution in [3.05, 3.63) is 30.3 Å². The second kappa shape index (κ2) is 3.64. The third-order valence-electron chi connectivity index (χ3n) is 3.23. The Morgan fingerprint density at radius 3 is 2.50 bits per heavy atom. The Bertz CT molecular complexity index is 445. The van der Waals surface area contributed by atoms with Gasteiger partial charge in [0.1, 0.15) is 0 Å². The molecule has 82 valence electrons. The minimum absolute atomic E-state index is 0.0303. The predicted octanol–water partition coefficient (Wildman–Crippen LogP) is 2.34. The molecule has 0 radical (unpaired) electrons. The summed E-state index contributed by atoms with van der Waals surface area (Å²) >= 11 is 0. The third-order valence-corrected chi connectivity index (χ3v) is 3.23. The molecule has 1 aliphatic rings. The Hall–Kier alpha value is -1.82. The second-order valence-electron chi connectivity index (χ2n) is 4.60. The molecule has 1 aromatic carbocycles. The molecule has 0 bridgehead atoms. The number of rotatable bonds is 1. The van der Waals surface area contributed by atoms with Crippen molar-refractivity contribution < 1.29 is 4.79 Å². The first-order valence-corrected chi connectivity index (χ1v) is 5.35. The lowest BCUT2D eigenvalue weighted by Crippen LogP contribution is -2.44. The number of anilines is 1. The molecule has 3 heteroatoms. The van der Waals surface area contributed by atoms with Crippen molar-refractivity contribution in [2.24, 2.45) is 5.92 Å². The van der Waals surface area contributed by atoms with Gasteiger partial charge in [0.25, 0.3) is 0 Å². The minimum Gasteiger partial charge on any atom is -0.306 e. The predicted molar refractivity (Wildman–Crippen MR) is 61.7 cm³/mol. The lowest BCUT2D eigenvalue weighted by atomic mass is 9.89. The van der Waals surface area contributed by atoms with Crippen LogP contribution in [0.5, 0.6) is 0 Å². The van der Waals surface area contributed by atoms with Crippen molar-refractivity contribution in [1.29, 1.82) is 5.26 Å². The van der Waals surface area contributed by atoms with Crippen molar-refractivity contribution in [2.45, 2.75) is 25.8 Å². The molecule has 1 atom stereocenters. The maximum atomic E-state index is 11.9. The quantitative estimate of drug-likeness (QED) is 0.720. The summed E-state index contributed by atoms with van der Waals surface area (Å²) in [6.45, 7) is 3.89. The summed E-state index contributed by atoms with van der Waals surface area (Å²) in [5.74, 6) is -0.206. The Morgan fingerprint density at radius 2 is 2.00 bits per heavy atom. The third kappa shape index (κ3) is 1.47. The van der Waals surface area contributed by atoms with Crippen LogP contribution < -0.4 is 4.90 Å². The summed E-state index contributed by atoms with van der Waals surface area (Å²) in [7, 11) is 0. The number of hydrogen-bond donors (Lipinski definition) is 0. The number of hydrogen-bond acceptors (Lipinski definition) is 2. The zero-order valence-corrected chi connectivity index (χ0v) is 9.47. The molecule has 1 amide bonds. The van der Waals surface area contributed by atoms with Gasteiger partial charge in [-0.05, 0) is 26.0 Å². The molecule has 1 unspecified atom stereocenters. The first kappa shape index (κ1) is 10.7. The van der Waals surface area contributed by atoms with Crippen LogP contribution in [0.2, 0.25) is 0 Å². The van der Waals surface area contributed by atoms with Gasteiger partial charge in [-0.1, -0.05) is 18.2 Å². The molecular weight excluding hydrogens is 200 g/mol. The van der Waals surface area contributed by atoms with Crippen LogP contribution in [0, 0.1) is 17.2 Å². The lowest BCUT2D eigenvalue weighted by molar-refractivity contribution is -0.117. The molecule has 0 aliphatic carbocycles. The number of nitriles is 1. The normalized spacial score (nSPS) is 23.2.